The van der Waals surface area contributed by atoms with Gasteiger partial charge in [-0.15, -0.1) is 0 Å². The molecule has 0 saturated carbocycles. The Labute approximate surface area is 141 Å². The molecule has 3 N–H and O–H groups in total. The normalized spacial score (nSPS) is 13.8. The Kier molecular flexibility index (Phi) is 4.79. The number of likely N-dealkylation sites (tertiary alicyclic amines) is 1. The van der Waals surface area contributed by atoms with Crippen LogP contribution in [-0.4, -0.2) is 29.8 Å². The maximum atomic E-state index is 12.3. The van der Waals surface area contributed by atoms with E-state index in [1.54, 1.807) is 36.4 Å². The molecule has 1 aliphatic heterocycles. The minimum Gasteiger partial charge on any atom is -0.399 e. The van der Waals surface area contributed by atoms with E-state index in [9.17, 15) is 9.59 Å². The third-order valence-electron chi connectivity index (χ3n) is 4.15. The molecule has 5 nitrogen and oxygen atoms in total. The number of hydrogen-bond donors (Lipinski definition) is 2. The molecule has 0 aromatic heterocycles. The van der Waals surface area contributed by atoms with Crippen LogP contribution in [0.1, 0.15) is 28.8 Å². The van der Waals surface area contributed by atoms with Crippen LogP contribution in [0, 0.1) is 0 Å². The van der Waals surface area contributed by atoms with Gasteiger partial charge >= 0.3 is 0 Å². The van der Waals surface area contributed by atoms with Gasteiger partial charge in [-0.25, -0.2) is 0 Å². The first kappa shape index (κ1) is 16.1. The molecule has 0 radical (unpaired) electrons. The molecule has 24 heavy (non-hydrogen) atoms. The summed E-state index contributed by atoms with van der Waals surface area (Å²) in [6, 6.07) is 14.3. The monoisotopic (exact) mass is 323 g/mol. The predicted octanol–water partition coefficient (Wildman–Crippen LogP) is 2.69. The maximum Gasteiger partial charge on any atom is 0.253 e. The first-order valence-electron chi connectivity index (χ1n) is 8.15. The average molecular weight is 323 g/mol. The van der Waals surface area contributed by atoms with Crippen molar-refractivity contribution in [3.8, 4) is 0 Å². The third-order valence-corrected chi connectivity index (χ3v) is 4.15. The number of benzene rings is 2. The quantitative estimate of drug-likeness (QED) is 0.850. The maximum absolute atomic E-state index is 12.3. The van der Waals surface area contributed by atoms with Gasteiger partial charge in [0.15, 0.2) is 0 Å². The fourth-order valence-electron chi connectivity index (χ4n) is 2.82. The number of nitrogens with zero attached hydrogens (tertiary/aromatic N) is 1. The summed E-state index contributed by atoms with van der Waals surface area (Å²) in [6.07, 6.45) is 2.44. The van der Waals surface area contributed by atoms with Crippen LogP contribution in [0.2, 0.25) is 0 Å². The van der Waals surface area contributed by atoms with Gasteiger partial charge in [0.25, 0.3) is 5.91 Å². The number of nitrogens with one attached hydrogen (secondary N) is 1. The zero-order chi connectivity index (χ0) is 16.9. The van der Waals surface area contributed by atoms with Crippen LogP contribution in [0.3, 0.4) is 0 Å². The van der Waals surface area contributed by atoms with E-state index in [0.29, 0.717) is 16.9 Å². The van der Waals surface area contributed by atoms with Crippen molar-refractivity contribution in [2.45, 2.75) is 19.3 Å². The highest BCUT2D eigenvalue weighted by molar-refractivity contribution is 5.96. The highest BCUT2D eigenvalue weighted by Gasteiger charge is 2.19. The van der Waals surface area contributed by atoms with Crippen molar-refractivity contribution in [2.75, 3.05) is 24.1 Å². The van der Waals surface area contributed by atoms with Crippen molar-refractivity contribution < 1.29 is 9.59 Å². The van der Waals surface area contributed by atoms with Gasteiger partial charge in [0.1, 0.15) is 0 Å². The van der Waals surface area contributed by atoms with Gasteiger partial charge in [0.2, 0.25) is 5.91 Å². The van der Waals surface area contributed by atoms with E-state index in [2.05, 4.69) is 5.32 Å². The third kappa shape index (κ3) is 3.93. The van der Waals surface area contributed by atoms with Crippen molar-refractivity contribution in [3.63, 3.8) is 0 Å². The van der Waals surface area contributed by atoms with Gasteiger partial charge in [-0.1, -0.05) is 12.1 Å². The number of anilines is 2. The Hall–Kier alpha value is -2.82. The molecule has 0 aliphatic carbocycles. The molecule has 2 amide bonds. The molecule has 0 spiro atoms. The van der Waals surface area contributed by atoms with Gasteiger partial charge in [-0.2, -0.15) is 0 Å². The van der Waals surface area contributed by atoms with Crippen molar-refractivity contribution >= 4 is 23.2 Å². The number of nitrogen functional groups attached to an aromatic ring is 1. The standard InChI is InChI=1S/C19H21N3O2/c20-16-7-3-14(4-8-16)13-18(23)21-17-9-5-15(6-10-17)19(24)22-11-1-2-12-22/h3-10H,1-2,11-13,20H2,(H,21,23). The summed E-state index contributed by atoms with van der Waals surface area (Å²) in [5.41, 5.74) is 8.57. The molecule has 3 rings (SSSR count). The topological polar surface area (TPSA) is 75.4 Å². The van der Waals surface area contributed by atoms with E-state index in [0.717, 1.165) is 31.5 Å². The van der Waals surface area contributed by atoms with Crippen LogP contribution in [0.4, 0.5) is 11.4 Å². The van der Waals surface area contributed by atoms with Crippen LogP contribution in [-0.2, 0) is 11.2 Å². The lowest BCUT2D eigenvalue weighted by atomic mass is 10.1. The molecule has 0 bridgehead atoms. The fraction of sp³-hybridized carbons (Fsp3) is 0.263. The van der Waals surface area contributed by atoms with Crippen molar-refractivity contribution in [3.05, 3.63) is 59.7 Å². The summed E-state index contributed by atoms with van der Waals surface area (Å²) in [4.78, 5) is 26.2. The minimum absolute atomic E-state index is 0.0623. The van der Waals surface area contributed by atoms with E-state index in [1.807, 2.05) is 17.0 Å². The molecule has 124 valence electrons. The second-order valence-corrected chi connectivity index (χ2v) is 6.04. The lowest BCUT2D eigenvalue weighted by Gasteiger charge is -2.15. The van der Waals surface area contributed by atoms with E-state index in [1.165, 1.54) is 0 Å². The number of rotatable bonds is 4. The second kappa shape index (κ2) is 7.17. The zero-order valence-electron chi connectivity index (χ0n) is 13.5. The van der Waals surface area contributed by atoms with Gasteiger partial charge < -0.3 is 16.0 Å². The summed E-state index contributed by atoms with van der Waals surface area (Å²) < 4.78 is 0. The van der Waals surface area contributed by atoms with Crippen LogP contribution < -0.4 is 11.1 Å². The highest BCUT2D eigenvalue weighted by Crippen LogP contribution is 2.16. The number of carbonyl (C=O) groups is 2. The summed E-state index contributed by atoms with van der Waals surface area (Å²) in [6.45, 7) is 1.66. The van der Waals surface area contributed by atoms with Crippen LogP contribution in [0.5, 0.6) is 0 Å². The smallest absolute Gasteiger partial charge is 0.253 e. The summed E-state index contributed by atoms with van der Waals surface area (Å²) in [5, 5.41) is 2.85. The lowest BCUT2D eigenvalue weighted by molar-refractivity contribution is -0.115. The Morgan fingerprint density at radius 3 is 2.21 bits per heavy atom. The lowest BCUT2D eigenvalue weighted by Crippen LogP contribution is -2.27. The predicted molar refractivity (Wildman–Crippen MR) is 94.8 cm³/mol. The SMILES string of the molecule is Nc1ccc(CC(=O)Nc2ccc(C(=O)N3CCCC3)cc2)cc1. The van der Waals surface area contributed by atoms with E-state index in [-0.39, 0.29) is 18.2 Å². The molecule has 2 aromatic carbocycles. The Balaban J connectivity index is 1.58. The van der Waals surface area contributed by atoms with E-state index in [4.69, 9.17) is 5.73 Å². The number of amides is 2. The van der Waals surface area contributed by atoms with Crippen LogP contribution in [0.15, 0.2) is 48.5 Å². The van der Waals surface area contributed by atoms with Gasteiger partial charge in [-0.3, -0.25) is 9.59 Å². The fourth-order valence-corrected chi connectivity index (χ4v) is 2.82. The highest BCUT2D eigenvalue weighted by atomic mass is 16.2. The molecular weight excluding hydrogens is 302 g/mol. The molecule has 2 aromatic rings. The molecule has 5 heteroatoms. The van der Waals surface area contributed by atoms with Crippen LogP contribution >= 0.6 is 0 Å². The van der Waals surface area contributed by atoms with Gasteiger partial charge in [-0.05, 0) is 54.8 Å². The first-order valence-corrected chi connectivity index (χ1v) is 8.15. The van der Waals surface area contributed by atoms with E-state index < -0.39 is 0 Å². The molecule has 1 saturated heterocycles. The Bertz CT molecular complexity index is 717. The molecule has 1 aliphatic rings. The van der Waals surface area contributed by atoms with Gasteiger partial charge in [0.05, 0.1) is 6.42 Å². The Morgan fingerprint density at radius 2 is 1.58 bits per heavy atom. The molecule has 1 heterocycles. The minimum atomic E-state index is -0.0987. The summed E-state index contributed by atoms with van der Waals surface area (Å²) in [5.74, 6) is -0.0364. The number of carbonyl (C=O) groups excluding carboxylic acids is 2. The first-order chi connectivity index (χ1) is 11.6. The van der Waals surface area contributed by atoms with Crippen LogP contribution in [0.25, 0.3) is 0 Å². The van der Waals surface area contributed by atoms with Gasteiger partial charge in [0, 0.05) is 30.0 Å². The zero-order valence-corrected chi connectivity index (χ0v) is 13.5. The van der Waals surface area contributed by atoms with Crippen molar-refractivity contribution in [2.24, 2.45) is 0 Å². The average Bonchev–Trinajstić information content (AvgIpc) is 3.11. The molecular formula is C19H21N3O2. The van der Waals surface area contributed by atoms with Crippen molar-refractivity contribution in [1.82, 2.24) is 4.90 Å². The van der Waals surface area contributed by atoms with Crippen molar-refractivity contribution in [1.29, 1.82) is 0 Å². The molecule has 0 unspecified atom stereocenters. The number of hydrogen-bond acceptors (Lipinski definition) is 3. The molecule has 0 atom stereocenters. The summed E-state index contributed by atoms with van der Waals surface area (Å²) >= 11 is 0. The largest absolute Gasteiger partial charge is 0.399 e. The summed E-state index contributed by atoms with van der Waals surface area (Å²) in [7, 11) is 0. The number of nitrogens with two attached hydrogens (primary N) is 1. The Morgan fingerprint density at radius 1 is 0.958 bits per heavy atom. The second-order valence-electron chi connectivity index (χ2n) is 6.04. The van der Waals surface area contributed by atoms with E-state index >= 15 is 0 Å². The molecule has 1 fully saturated rings.